The monoisotopic (exact) mass is 446 g/mol. The SMILES string of the molecule is CCOc1cc2ncc(C#N)c(Nc3ccc(NC)cc3)c2cc1NC(=O)CCCN(C)C. The van der Waals surface area contributed by atoms with Gasteiger partial charge in [0, 0.05) is 42.5 Å². The van der Waals surface area contributed by atoms with Crippen LogP contribution < -0.4 is 20.7 Å². The fraction of sp³-hybridized carbons (Fsp3) is 0.320. The molecule has 1 heterocycles. The van der Waals surface area contributed by atoms with Crippen molar-refractivity contribution in [2.45, 2.75) is 19.8 Å². The van der Waals surface area contributed by atoms with E-state index in [0.29, 0.717) is 41.2 Å². The molecule has 0 aliphatic carbocycles. The van der Waals surface area contributed by atoms with Crippen molar-refractivity contribution >= 4 is 39.6 Å². The quantitative estimate of drug-likeness (QED) is 0.419. The fourth-order valence-electron chi connectivity index (χ4n) is 3.45. The van der Waals surface area contributed by atoms with Crippen molar-refractivity contribution in [1.29, 1.82) is 5.26 Å². The number of nitriles is 1. The zero-order chi connectivity index (χ0) is 23.8. The van der Waals surface area contributed by atoms with Gasteiger partial charge in [0.2, 0.25) is 5.91 Å². The van der Waals surface area contributed by atoms with E-state index >= 15 is 0 Å². The second-order valence-corrected chi connectivity index (χ2v) is 7.86. The normalized spacial score (nSPS) is 10.7. The summed E-state index contributed by atoms with van der Waals surface area (Å²) in [5.41, 5.74) is 4.09. The molecule has 3 rings (SSSR count). The van der Waals surface area contributed by atoms with Crippen molar-refractivity contribution < 1.29 is 9.53 Å². The van der Waals surface area contributed by atoms with Gasteiger partial charge < -0.3 is 25.6 Å². The molecule has 1 amide bonds. The van der Waals surface area contributed by atoms with E-state index in [1.54, 1.807) is 12.3 Å². The number of fused-ring (bicyclic) bond motifs is 1. The molecule has 2 aromatic carbocycles. The van der Waals surface area contributed by atoms with E-state index in [9.17, 15) is 10.1 Å². The molecule has 0 saturated carbocycles. The Bertz CT molecular complexity index is 1150. The maximum absolute atomic E-state index is 12.6. The summed E-state index contributed by atoms with van der Waals surface area (Å²) >= 11 is 0. The molecule has 0 radical (unpaired) electrons. The van der Waals surface area contributed by atoms with E-state index in [-0.39, 0.29) is 5.91 Å². The van der Waals surface area contributed by atoms with Crippen molar-refractivity contribution in [2.24, 2.45) is 0 Å². The molecular formula is C25H30N6O2. The molecule has 8 nitrogen and oxygen atoms in total. The number of amides is 1. The van der Waals surface area contributed by atoms with Gasteiger partial charge in [-0.05, 0) is 64.3 Å². The Balaban J connectivity index is 1.99. The van der Waals surface area contributed by atoms with Gasteiger partial charge in [0.1, 0.15) is 11.8 Å². The Morgan fingerprint density at radius 2 is 1.91 bits per heavy atom. The first-order valence-corrected chi connectivity index (χ1v) is 10.9. The van der Waals surface area contributed by atoms with E-state index < -0.39 is 0 Å². The maximum atomic E-state index is 12.6. The lowest BCUT2D eigenvalue weighted by Gasteiger charge is -2.16. The summed E-state index contributed by atoms with van der Waals surface area (Å²) in [6.07, 6.45) is 2.70. The lowest BCUT2D eigenvalue weighted by atomic mass is 10.1. The lowest BCUT2D eigenvalue weighted by molar-refractivity contribution is -0.116. The molecule has 0 fully saturated rings. The zero-order valence-corrected chi connectivity index (χ0v) is 19.5. The molecule has 3 N–H and O–H groups in total. The number of anilines is 4. The van der Waals surface area contributed by atoms with E-state index in [1.807, 2.05) is 63.3 Å². The topological polar surface area (TPSA) is 102 Å². The number of rotatable bonds is 10. The number of benzene rings is 2. The van der Waals surface area contributed by atoms with E-state index in [0.717, 1.165) is 29.7 Å². The van der Waals surface area contributed by atoms with Crippen molar-refractivity contribution in [3.05, 3.63) is 48.2 Å². The van der Waals surface area contributed by atoms with Crippen molar-refractivity contribution in [3.8, 4) is 11.8 Å². The Labute approximate surface area is 194 Å². The van der Waals surface area contributed by atoms with Crippen LogP contribution in [0.25, 0.3) is 10.9 Å². The van der Waals surface area contributed by atoms with Gasteiger partial charge in [-0.3, -0.25) is 9.78 Å². The summed E-state index contributed by atoms with van der Waals surface area (Å²) in [7, 11) is 5.82. The molecule has 0 atom stereocenters. The van der Waals surface area contributed by atoms with Gasteiger partial charge in [-0.15, -0.1) is 0 Å². The lowest BCUT2D eigenvalue weighted by Crippen LogP contribution is -2.17. The molecular weight excluding hydrogens is 416 g/mol. The average Bonchev–Trinajstić information content (AvgIpc) is 2.80. The summed E-state index contributed by atoms with van der Waals surface area (Å²) in [5, 5.41) is 19.8. The number of nitrogens with one attached hydrogen (secondary N) is 3. The van der Waals surface area contributed by atoms with Crippen molar-refractivity contribution in [3.63, 3.8) is 0 Å². The third-order valence-corrected chi connectivity index (χ3v) is 5.12. The van der Waals surface area contributed by atoms with Gasteiger partial charge in [0.05, 0.1) is 29.1 Å². The Kier molecular flexibility index (Phi) is 8.06. The highest BCUT2D eigenvalue weighted by molar-refractivity contribution is 6.02. The zero-order valence-electron chi connectivity index (χ0n) is 19.5. The molecule has 1 aromatic heterocycles. The number of pyridine rings is 1. The van der Waals surface area contributed by atoms with Crippen LogP contribution >= 0.6 is 0 Å². The minimum atomic E-state index is -0.0845. The molecule has 0 spiro atoms. The second-order valence-electron chi connectivity index (χ2n) is 7.86. The van der Waals surface area contributed by atoms with Gasteiger partial charge in [-0.1, -0.05) is 0 Å². The van der Waals surface area contributed by atoms with Crippen LogP contribution in [0.3, 0.4) is 0 Å². The first-order chi connectivity index (χ1) is 15.9. The van der Waals surface area contributed by atoms with Gasteiger partial charge >= 0.3 is 0 Å². The summed E-state index contributed by atoms with van der Waals surface area (Å²) in [4.78, 5) is 19.1. The number of nitrogens with zero attached hydrogens (tertiary/aromatic N) is 3. The van der Waals surface area contributed by atoms with E-state index in [2.05, 4.69) is 27.0 Å². The largest absolute Gasteiger partial charge is 0.492 e. The number of hydrogen-bond donors (Lipinski definition) is 3. The van der Waals surface area contributed by atoms with E-state index in [4.69, 9.17) is 4.74 Å². The smallest absolute Gasteiger partial charge is 0.224 e. The molecule has 0 saturated heterocycles. The maximum Gasteiger partial charge on any atom is 0.224 e. The van der Waals surface area contributed by atoms with Crippen LogP contribution in [0.15, 0.2) is 42.6 Å². The van der Waals surface area contributed by atoms with Gasteiger partial charge in [-0.25, -0.2) is 0 Å². The molecule has 172 valence electrons. The number of hydrogen-bond acceptors (Lipinski definition) is 7. The van der Waals surface area contributed by atoms with E-state index in [1.165, 1.54) is 0 Å². The average molecular weight is 447 g/mol. The van der Waals surface area contributed by atoms with Crippen molar-refractivity contribution in [1.82, 2.24) is 9.88 Å². The standard InChI is InChI=1S/C25H30N6O2/c1-5-33-23-14-21-20(13-22(23)30-24(32)7-6-12-31(3)4)25(17(15-26)16-28-21)29-19-10-8-18(27-2)9-11-19/h8-11,13-14,16,27H,5-7,12H2,1-4H3,(H,28,29)(H,30,32). The van der Waals surface area contributed by atoms with Crippen LogP contribution in [-0.4, -0.2) is 50.1 Å². The van der Waals surface area contributed by atoms with Crippen LogP contribution in [-0.2, 0) is 4.79 Å². The Morgan fingerprint density at radius 1 is 1.18 bits per heavy atom. The number of aromatic nitrogens is 1. The molecule has 33 heavy (non-hydrogen) atoms. The van der Waals surface area contributed by atoms with Crippen LogP contribution in [0.1, 0.15) is 25.3 Å². The van der Waals surface area contributed by atoms with Crippen LogP contribution in [0.5, 0.6) is 5.75 Å². The molecule has 3 aromatic rings. The third kappa shape index (κ3) is 6.11. The van der Waals surface area contributed by atoms with Crippen LogP contribution in [0, 0.1) is 11.3 Å². The fourth-order valence-corrected chi connectivity index (χ4v) is 3.45. The molecule has 8 heteroatoms. The van der Waals surface area contributed by atoms with Gasteiger partial charge in [0.25, 0.3) is 0 Å². The highest BCUT2D eigenvalue weighted by atomic mass is 16.5. The summed E-state index contributed by atoms with van der Waals surface area (Å²) in [5.74, 6) is 0.464. The predicted octanol–water partition coefficient (Wildman–Crippen LogP) is 4.57. The molecule has 0 aliphatic heterocycles. The second kappa shape index (κ2) is 11.2. The number of carbonyl (C=O) groups is 1. The molecule has 0 unspecified atom stereocenters. The summed E-state index contributed by atoms with van der Waals surface area (Å²) < 4.78 is 5.77. The molecule has 0 bridgehead atoms. The Hall–Kier alpha value is -3.83. The highest BCUT2D eigenvalue weighted by Gasteiger charge is 2.15. The van der Waals surface area contributed by atoms with Crippen molar-refractivity contribution in [2.75, 3.05) is 50.2 Å². The van der Waals surface area contributed by atoms with Crippen LogP contribution in [0.2, 0.25) is 0 Å². The Morgan fingerprint density at radius 3 is 2.55 bits per heavy atom. The van der Waals surface area contributed by atoms with Gasteiger partial charge in [-0.2, -0.15) is 5.26 Å². The summed E-state index contributed by atoms with van der Waals surface area (Å²) in [6.45, 7) is 3.18. The summed E-state index contributed by atoms with van der Waals surface area (Å²) in [6, 6.07) is 13.6. The minimum absolute atomic E-state index is 0.0845. The highest BCUT2D eigenvalue weighted by Crippen LogP contribution is 2.36. The predicted molar refractivity (Wildman–Crippen MR) is 133 cm³/mol. The third-order valence-electron chi connectivity index (χ3n) is 5.12. The number of carbonyl (C=O) groups excluding carboxylic acids is 1. The number of ether oxygens (including phenoxy) is 1. The first kappa shape index (κ1) is 23.8. The molecule has 0 aliphatic rings. The van der Waals surface area contributed by atoms with Gasteiger partial charge in [0.15, 0.2) is 0 Å². The first-order valence-electron chi connectivity index (χ1n) is 10.9. The van der Waals surface area contributed by atoms with Crippen LogP contribution in [0.4, 0.5) is 22.7 Å². The minimum Gasteiger partial charge on any atom is -0.492 e.